The number of piperazine rings is 1. The number of nitrogens with zero attached hydrogens (tertiary/aromatic N) is 3. The standard InChI is InChI=1S/C13H23N3O3/c1-19-13(18)16-10-8-15(9-11-16)12(17)4-7-14-5-2-3-6-14/h2-11H2,1H3. The molecule has 2 heterocycles. The number of hydrogen-bond donors (Lipinski definition) is 0. The zero-order valence-electron chi connectivity index (χ0n) is 11.6. The summed E-state index contributed by atoms with van der Waals surface area (Å²) in [7, 11) is 1.38. The number of hydrogen-bond acceptors (Lipinski definition) is 4. The van der Waals surface area contributed by atoms with Crippen molar-refractivity contribution in [2.75, 3.05) is 52.9 Å². The number of methoxy groups -OCH3 is 1. The fourth-order valence-electron chi connectivity index (χ4n) is 2.69. The SMILES string of the molecule is COC(=O)N1CCN(C(=O)CCN2CCCC2)CC1. The average molecular weight is 269 g/mol. The topological polar surface area (TPSA) is 53.1 Å². The van der Waals surface area contributed by atoms with Crippen LogP contribution in [-0.4, -0.2) is 79.6 Å². The first kappa shape index (κ1) is 14.1. The second-order valence-electron chi connectivity index (χ2n) is 5.14. The third-order valence-electron chi connectivity index (χ3n) is 3.91. The minimum Gasteiger partial charge on any atom is -0.453 e. The Hall–Kier alpha value is -1.30. The van der Waals surface area contributed by atoms with E-state index in [0.717, 1.165) is 19.6 Å². The summed E-state index contributed by atoms with van der Waals surface area (Å²) in [6, 6.07) is 0. The summed E-state index contributed by atoms with van der Waals surface area (Å²) in [5, 5.41) is 0. The molecule has 0 aromatic carbocycles. The molecule has 0 aromatic rings. The molecule has 0 unspecified atom stereocenters. The highest BCUT2D eigenvalue weighted by atomic mass is 16.5. The molecular formula is C13H23N3O3. The molecule has 6 nitrogen and oxygen atoms in total. The summed E-state index contributed by atoms with van der Waals surface area (Å²) < 4.78 is 4.68. The van der Waals surface area contributed by atoms with E-state index in [9.17, 15) is 9.59 Å². The molecule has 0 saturated carbocycles. The number of likely N-dealkylation sites (tertiary alicyclic amines) is 1. The molecule has 19 heavy (non-hydrogen) atoms. The molecule has 2 aliphatic rings. The van der Waals surface area contributed by atoms with Gasteiger partial charge in [-0.25, -0.2) is 4.79 Å². The summed E-state index contributed by atoms with van der Waals surface area (Å²) >= 11 is 0. The van der Waals surface area contributed by atoms with Gasteiger partial charge in [-0.3, -0.25) is 4.79 Å². The van der Waals surface area contributed by atoms with E-state index in [1.807, 2.05) is 4.90 Å². The highest BCUT2D eigenvalue weighted by Gasteiger charge is 2.24. The van der Waals surface area contributed by atoms with Gasteiger partial charge in [-0.1, -0.05) is 0 Å². The second-order valence-corrected chi connectivity index (χ2v) is 5.14. The van der Waals surface area contributed by atoms with E-state index in [1.54, 1.807) is 4.90 Å². The Morgan fingerprint density at radius 1 is 0.947 bits per heavy atom. The fraction of sp³-hybridized carbons (Fsp3) is 0.846. The van der Waals surface area contributed by atoms with Gasteiger partial charge in [0.2, 0.25) is 5.91 Å². The normalized spacial score (nSPS) is 20.7. The summed E-state index contributed by atoms with van der Waals surface area (Å²) in [5.74, 6) is 0.205. The van der Waals surface area contributed by atoms with E-state index in [1.165, 1.54) is 20.0 Å². The predicted octanol–water partition coefficient (Wildman–Crippen LogP) is 0.383. The molecule has 0 aliphatic carbocycles. The Morgan fingerprint density at radius 3 is 2.11 bits per heavy atom. The zero-order valence-corrected chi connectivity index (χ0v) is 11.6. The first-order valence-electron chi connectivity index (χ1n) is 7.03. The third kappa shape index (κ3) is 3.83. The second kappa shape index (κ2) is 6.75. The number of ether oxygens (including phenoxy) is 1. The van der Waals surface area contributed by atoms with E-state index in [2.05, 4.69) is 9.64 Å². The Morgan fingerprint density at radius 2 is 1.53 bits per heavy atom. The first-order chi connectivity index (χ1) is 9.20. The Labute approximate surface area is 114 Å². The van der Waals surface area contributed by atoms with Crippen LogP contribution < -0.4 is 0 Å². The van der Waals surface area contributed by atoms with Crippen LogP contribution in [-0.2, 0) is 9.53 Å². The van der Waals surface area contributed by atoms with Crippen LogP contribution in [0.3, 0.4) is 0 Å². The van der Waals surface area contributed by atoms with Crippen molar-refractivity contribution < 1.29 is 14.3 Å². The van der Waals surface area contributed by atoms with Crippen molar-refractivity contribution >= 4 is 12.0 Å². The molecule has 0 N–H and O–H groups in total. The third-order valence-corrected chi connectivity index (χ3v) is 3.91. The van der Waals surface area contributed by atoms with E-state index in [-0.39, 0.29) is 12.0 Å². The largest absolute Gasteiger partial charge is 0.453 e. The van der Waals surface area contributed by atoms with Crippen molar-refractivity contribution in [3.05, 3.63) is 0 Å². The molecule has 2 aliphatic heterocycles. The van der Waals surface area contributed by atoms with Crippen LogP contribution in [0.2, 0.25) is 0 Å². The Kier molecular flexibility index (Phi) is 5.01. The molecule has 0 spiro atoms. The van der Waals surface area contributed by atoms with E-state index < -0.39 is 0 Å². The van der Waals surface area contributed by atoms with Crippen molar-refractivity contribution in [2.45, 2.75) is 19.3 Å². The van der Waals surface area contributed by atoms with Crippen molar-refractivity contribution in [1.29, 1.82) is 0 Å². The highest BCUT2D eigenvalue weighted by molar-refractivity contribution is 5.77. The minimum atomic E-state index is -0.302. The zero-order chi connectivity index (χ0) is 13.7. The van der Waals surface area contributed by atoms with Crippen molar-refractivity contribution in [2.24, 2.45) is 0 Å². The summed E-state index contributed by atoms with van der Waals surface area (Å²) in [4.78, 5) is 29.3. The molecule has 2 amide bonds. The van der Waals surface area contributed by atoms with Crippen LogP contribution in [0.1, 0.15) is 19.3 Å². The van der Waals surface area contributed by atoms with Gasteiger partial charge in [0.1, 0.15) is 0 Å². The number of carbonyl (C=O) groups excluding carboxylic acids is 2. The smallest absolute Gasteiger partial charge is 0.409 e. The highest BCUT2D eigenvalue weighted by Crippen LogP contribution is 2.09. The molecule has 108 valence electrons. The van der Waals surface area contributed by atoms with Crippen molar-refractivity contribution in [1.82, 2.24) is 14.7 Å². The molecular weight excluding hydrogens is 246 g/mol. The lowest BCUT2D eigenvalue weighted by Gasteiger charge is -2.34. The van der Waals surface area contributed by atoms with Crippen molar-refractivity contribution in [3.63, 3.8) is 0 Å². The average Bonchev–Trinajstić information content (AvgIpc) is 2.97. The quantitative estimate of drug-likeness (QED) is 0.743. The first-order valence-corrected chi connectivity index (χ1v) is 7.03. The maximum absolute atomic E-state index is 12.1. The fourth-order valence-corrected chi connectivity index (χ4v) is 2.69. The molecule has 0 atom stereocenters. The summed E-state index contributed by atoms with van der Waals surface area (Å²) in [5.41, 5.74) is 0. The van der Waals surface area contributed by atoms with Crippen LogP contribution >= 0.6 is 0 Å². The number of rotatable bonds is 3. The van der Waals surface area contributed by atoms with Crippen LogP contribution in [0.4, 0.5) is 4.79 Å². The van der Waals surface area contributed by atoms with Crippen LogP contribution in [0.15, 0.2) is 0 Å². The lowest BCUT2D eigenvalue weighted by atomic mass is 10.2. The van der Waals surface area contributed by atoms with Crippen molar-refractivity contribution in [3.8, 4) is 0 Å². The van der Waals surface area contributed by atoms with Gasteiger partial charge in [0.25, 0.3) is 0 Å². The van der Waals surface area contributed by atoms with Gasteiger partial charge in [-0.2, -0.15) is 0 Å². The van der Waals surface area contributed by atoms with Gasteiger partial charge < -0.3 is 19.4 Å². The lowest BCUT2D eigenvalue weighted by Crippen LogP contribution is -2.50. The van der Waals surface area contributed by atoms with Crippen LogP contribution in [0.5, 0.6) is 0 Å². The monoisotopic (exact) mass is 269 g/mol. The Bertz CT molecular complexity index is 321. The molecule has 0 bridgehead atoms. The minimum absolute atomic E-state index is 0.205. The lowest BCUT2D eigenvalue weighted by molar-refractivity contribution is -0.133. The van der Waals surface area contributed by atoms with Crippen LogP contribution in [0.25, 0.3) is 0 Å². The molecule has 0 aromatic heterocycles. The van der Waals surface area contributed by atoms with Gasteiger partial charge >= 0.3 is 6.09 Å². The van der Waals surface area contributed by atoms with Crippen LogP contribution in [0, 0.1) is 0 Å². The maximum atomic E-state index is 12.1. The molecule has 2 fully saturated rings. The van der Waals surface area contributed by atoms with Gasteiger partial charge in [0.05, 0.1) is 7.11 Å². The van der Waals surface area contributed by atoms with Gasteiger partial charge in [0, 0.05) is 39.1 Å². The van der Waals surface area contributed by atoms with E-state index >= 15 is 0 Å². The van der Waals surface area contributed by atoms with E-state index in [4.69, 9.17) is 0 Å². The molecule has 6 heteroatoms. The van der Waals surface area contributed by atoms with Gasteiger partial charge in [-0.15, -0.1) is 0 Å². The Balaban J connectivity index is 1.68. The molecule has 0 radical (unpaired) electrons. The van der Waals surface area contributed by atoms with Gasteiger partial charge in [-0.05, 0) is 25.9 Å². The molecule has 2 rings (SSSR count). The van der Waals surface area contributed by atoms with E-state index in [0.29, 0.717) is 32.6 Å². The number of amides is 2. The predicted molar refractivity (Wildman–Crippen MR) is 70.8 cm³/mol. The maximum Gasteiger partial charge on any atom is 0.409 e. The molecule has 2 saturated heterocycles. The summed E-state index contributed by atoms with van der Waals surface area (Å²) in [6.45, 7) is 5.51. The summed E-state index contributed by atoms with van der Waals surface area (Å²) in [6.07, 6.45) is 2.81. The van der Waals surface area contributed by atoms with Gasteiger partial charge in [0.15, 0.2) is 0 Å². The number of carbonyl (C=O) groups is 2.